The molecule has 2 N–H and O–H groups in total. The lowest BCUT2D eigenvalue weighted by atomic mass is 10.1. The highest BCUT2D eigenvalue weighted by Gasteiger charge is 2.37. The number of hydrogen-bond donors (Lipinski definition) is 2. The SMILES string of the molecule is COc1ccc(N(C(=O)Nc2cccc(-c3cnc4ccccc4n3)c2)C(C(=O)Nc2cccc(-c3cnc4ccccc4n3)c2)N2CCCCC2)cc1. The number of piperidine rings is 1. The van der Waals surface area contributed by atoms with Gasteiger partial charge in [0.1, 0.15) is 5.75 Å². The lowest BCUT2D eigenvalue weighted by Gasteiger charge is -2.40. The average molecular weight is 715 g/mol. The monoisotopic (exact) mass is 714 g/mol. The number of fused-ring (bicyclic) bond motifs is 2. The van der Waals surface area contributed by atoms with Gasteiger partial charge in [-0.1, -0.05) is 55.0 Å². The molecule has 1 unspecified atom stereocenters. The van der Waals surface area contributed by atoms with E-state index in [1.807, 2.05) is 97.1 Å². The third-order valence-corrected chi connectivity index (χ3v) is 9.52. The highest BCUT2D eigenvalue weighted by molar-refractivity contribution is 6.09. The van der Waals surface area contributed by atoms with Crippen LogP contribution in [0.25, 0.3) is 44.6 Å². The minimum absolute atomic E-state index is 0.343. The maximum absolute atomic E-state index is 14.6. The summed E-state index contributed by atoms with van der Waals surface area (Å²) in [5.74, 6) is 0.292. The van der Waals surface area contributed by atoms with Crippen LogP contribution in [0, 0.1) is 0 Å². The molecule has 11 heteroatoms. The minimum atomic E-state index is -0.975. The van der Waals surface area contributed by atoms with Gasteiger partial charge in [-0.15, -0.1) is 0 Å². The van der Waals surface area contributed by atoms with Gasteiger partial charge in [0, 0.05) is 41.3 Å². The molecular formula is C43H38N8O3. The number of para-hydroxylation sites is 4. The van der Waals surface area contributed by atoms with E-state index in [-0.39, 0.29) is 5.91 Å². The largest absolute Gasteiger partial charge is 0.497 e. The number of ether oxygens (including phenoxy) is 1. The van der Waals surface area contributed by atoms with Crippen molar-refractivity contribution < 1.29 is 14.3 Å². The molecule has 2 aromatic heterocycles. The van der Waals surface area contributed by atoms with E-state index >= 15 is 0 Å². The molecule has 0 bridgehead atoms. The number of nitrogens with zero attached hydrogens (tertiary/aromatic N) is 6. The van der Waals surface area contributed by atoms with Crippen molar-refractivity contribution in [1.29, 1.82) is 0 Å². The molecule has 0 aliphatic carbocycles. The standard InChI is InChI=1S/C43H38N8O3/c1-54-34-21-19-33(20-22-34)51(43(53)47-32-14-10-12-30(26-32)40-28-45-36-16-4-6-18-38(36)49-40)42(50-23-7-2-8-24-50)41(52)46-31-13-9-11-29(25-31)39-27-44-35-15-3-5-17-37(35)48-39/h3-6,9-22,25-28,42H,2,7-8,23-24H2,1H3,(H,46,52)(H,47,53). The molecule has 1 saturated heterocycles. The second kappa shape index (κ2) is 15.5. The molecule has 54 heavy (non-hydrogen) atoms. The third kappa shape index (κ3) is 7.43. The van der Waals surface area contributed by atoms with Gasteiger partial charge in [-0.3, -0.25) is 24.6 Å². The van der Waals surface area contributed by atoms with E-state index in [0.717, 1.165) is 52.5 Å². The Hall–Kier alpha value is -6.72. The Balaban J connectivity index is 1.12. The van der Waals surface area contributed by atoms with Gasteiger partial charge in [0.05, 0.1) is 53.0 Å². The first-order valence-corrected chi connectivity index (χ1v) is 18.0. The molecule has 0 saturated carbocycles. The Kier molecular flexibility index (Phi) is 9.86. The number of amides is 3. The molecule has 1 fully saturated rings. The van der Waals surface area contributed by atoms with Crippen molar-refractivity contribution in [3.63, 3.8) is 0 Å². The van der Waals surface area contributed by atoms with Crippen LogP contribution in [0.5, 0.6) is 5.75 Å². The summed E-state index contributed by atoms with van der Waals surface area (Å²) in [5, 5.41) is 6.22. The smallest absolute Gasteiger partial charge is 0.328 e. The van der Waals surface area contributed by atoms with Gasteiger partial charge in [0.15, 0.2) is 6.17 Å². The van der Waals surface area contributed by atoms with E-state index in [0.29, 0.717) is 47.3 Å². The highest BCUT2D eigenvalue weighted by Crippen LogP contribution is 2.29. The third-order valence-electron chi connectivity index (χ3n) is 9.52. The van der Waals surface area contributed by atoms with Crippen LogP contribution >= 0.6 is 0 Å². The van der Waals surface area contributed by atoms with Crippen LogP contribution in [-0.2, 0) is 4.79 Å². The molecule has 0 spiro atoms. The Labute approximate surface area is 312 Å². The van der Waals surface area contributed by atoms with Crippen molar-refractivity contribution in [3.05, 3.63) is 134 Å². The topological polar surface area (TPSA) is 125 Å². The van der Waals surface area contributed by atoms with Gasteiger partial charge < -0.3 is 15.4 Å². The second-order valence-corrected chi connectivity index (χ2v) is 13.1. The molecule has 8 rings (SSSR count). The second-order valence-electron chi connectivity index (χ2n) is 13.1. The molecule has 3 amide bonds. The van der Waals surface area contributed by atoms with E-state index in [1.54, 1.807) is 43.8 Å². The minimum Gasteiger partial charge on any atom is -0.497 e. The first-order chi connectivity index (χ1) is 26.5. The predicted molar refractivity (Wildman–Crippen MR) is 212 cm³/mol. The van der Waals surface area contributed by atoms with Crippen molar-refractivity contribution in [2.24, 2.45) is 0 Å². The van der Waals surface area contributed by atoms with Gasteiger partial charge in [0.25, 0.3) is 5.91 Å². The number of likely N-dealkylation sites (tertiary alicyclic amines) is 1. The number of rotatable bonds is 9. The molecule has 5 aromatic carbocycles. The fourth-order valence-electron chi connectivity index (χ4n) is 6.82. The summed E-state index contributed by atoms with van der Waals surface area (Å²) in [6.07, 6.45) is 5.36. The number of carbonyl (C=O) groups excluding carboxylic acids is 2. The summed E-state index contributed by atoms with van der Waals surface area (Å²) in [4.78, 5) is 51.6. The van der Waals surface area contributed by atoms with E-state index in [9.17, 15) is 9.59 Å². The lowest BCUT2D eigenvalue weighted by molar-refractivity contribution is -0.121. The maximum atomic E-state index is 14.6. The molecule has 1 aliphatic rings. The fourth-order valence-corrected chi connectivity index (χ4v) is 6.82. The first-order valence-electron chi connectivity index (χ1n) is 18.0. The molecule has 3 heterocycles. The number of nitrogens with one attached hydrogen (secondary N) is 2. The van der Waals surface area contributed by atoms with Crippen molar-refractivity contribution in [1.82, 2.24) is 24.8 Å². The lowest BCUT2D eigenvalue weighted by Crippen LogP contribution is -2.59. The summed E-state index contributed by atoms with van der Waals surface area (Å²) < 4.78 is 5.43. The van der Waals surface area contributed by atoms with Crippen LogP contribution in [0.3, 0.4) is 0 Å². The van der Waals surface area contributed by atoms with Crippen molar-refractivity contribution >= 4 is 51.1 Å². The zero-order valence-corrected chi connectivity index (χ0v) is 29.7. The first kappa shape index (κ1) is 34.4. The summed E-state index contributed by atoms with van der Waals surface area (Å²) in [6.45, 7) is 1.31. The molecule has 7 aromatic rings. The number of hydrogen-bond acceptors (Lipinski definition) is 8. The van der Waals surface area contributed by atoms with Gasteiger partial charge in [-0.25, -0.2) is 14.8 Å². The van der Waals surface area contributed by atoms with E-state index in [2.05, 4.69) is 25.5 Å². The summed E-state index contributed by atoms with van der Waals surface area (Å²) >= 11 is 0. The summed E-state index contributed by atoms with van der Waals surface area (Å²) in [5.41, 5.74) is 7.81. The summed E-state index contributed by atoms with van der Waals surface area (Å²) in [6, 6.07) is 37.1. The van der Waals surface area contributed by atoms with Gasteiger partial charge in [0.2, 0.25) is 0 Å². The quantitative estimate of drug-likeness (QED) is 0.153. The molecule has 0 radical (unpaired) electrons. The molecule has 1 aliphatic heterocycles. The van der Waals surface area contributed by atoms with E-state index in [4.69, 9.17) is 14.7 Å². The number of aromatic nitrogens is 4. The Bertz CT molecular complexity index is 2450. The molecular weight excluding hydrogens is 677 g/mol. The Morgan fingerprint density at radius 1 is 0.648 bits per heavy atom. The average Bonchev–Trinajstić information content (AvgIpc) is 3.23. The maximum Gasteiger partial charge on any atom is 0.328 e. The number of carbonyl (C=O) groups is 2. The van der Waals surface area contributed by atoms with Crippen LogP contribution in [-0.4, -0.2) is 63.1 Å². The highest BCUT2D eigenvalue weighted by atomic mass is 16.5. The summed E-state index contributed by atoms with van der Waals surface area (Å²) in [7, 11) is 1.59. The predicted octanol–water partition coefficient (Wildman–Crippen LogP) is 8.40. The number of methoxy groups -OCH3 is 1. The van der Waals surface area contributed by atoms with Crippen LogP contribution in [0.1, 0.15) is 19.3 Å². The van der Waals surface area contributed by atoms with Gasteiger partial charge >= 0.3 is 6.03 Å². The molecule has 1 atom stereocenters. The zero-order chi connectivity index (χ0) is 36.9. The fraction of sp³-hybridized carbons (Fsp3) is 0.163. The van der Waals surface area contributed by atoms with Gasteiger partial charge in [-0.2, -0.15) is 0 Å². The number of anilines is 3. The van der Waals surface area contributed by atoms with E-state index < -0.39 is 12.2 Å². The van der Waals surface area contributed by atoms with Crippen molar-refractivity contribution in [2.75, 3.05) is 35.7 Å². The van der Waals surface area contributed by atoms with Crippen molar-refractivity contribution in [2.45, 2.75) is 25.4 Å². The zero-order valence-electron chi connectivity index (χ0n) is 29.7. The number of urea groups is 1. The van der Waals surface area contributed by atoms with Crippen LogP contribution in [0.2, 0.25) is 0 Å². The van der Waals surface area contributed by atoms with Crippen molar-refractivity contribution in [3.8, 4) is 28.3 Å². The van der Waals surface area contributed by atoms with E-state index in [1.165, 1.54) is 4.90 Å². The Morgan fingerprint density at radius 2 is 1.19 bits per heavy atom. The molecule has 11 nitrogen and oxygen atoms in total. The molecule has 268 valence electrons. The van der Waals surface area contributed by atoms with Crippen LogP contribution in [0.4, 0.5) is 21.9 Å². The Morgan fingerprint density at radius 3 is 1.74 bits per heavy atom. The van der Waals surface area contributed by atoms with Gasteiger partial charge in [-0.05, 0) is 85.6 Å². The number of benzene rings is 5. The van der Waals surface area contributed by atoms with Crippen LogP contribution in [0.15, 0.2) is 134 Å². The normalized spacial score (nSPS) is 13.6. The van der Waals surface area contributed by atoms with Crippen LogP contribution < -0.4 is 20.3 Å².